The number of aliphatic hydroxyl groups excluding tert-OH is 23. The van der Waals surface area contributed by atoms with Crippen LogP contribution >= 0.6 is 0 Å². The van der Waals surface area contributed by atoms with Crippen molar-refractivity contribution < 1.29 is 266 Å². The molecule has 129 heavy (non-hydrogen) atoms. The highest BCUT2D eigenvalue weighted by Crippen LogP contribution is 2.43. The maximum absolute atomic E-state index is 13.2. The van der Waals surface area contributed by atoms with E-state index in [2.05, 4.69) is 35.0 Å². The van der Waals surface area contributed by atoms with E-state index in [0.717, 1.165) is 34.6 Å². The largest absolute Gasteiger partial charge is 0.477 e. The van der Waals surface area contributed by atoms with Gasteiger partial charge in [0.05, 0.1) is 71.6 Å². The third kappa shape index (κ3) is 25.4. The lowest BCUT2D eigenvalue weighted by Gasteiger charge is -2.51. The average Bonchev–Trinajstić information content (AvgIpc) is 0.738. The second-order valence-corrected chi connectivity index (χ2v) is 33.5. The number of nitrogens with one attached hydrogen (secondary N) is 5. The summed E-state index contributed by atoms with van der Waals surface area (Å²) in [5.41, 5.74) is 0. The minimum absolute atomic E-state index is 0.793. The topological polar surface area (TPSA) is 932 Å². The number of carboxylic acids is 1. The molecule has 9 rings (SSSR count). The fourth-order valence-electron chi connectivity index (χ4n) is 16.0. The van der Waals surface area contributed by atoms with Crippen LogP contribution < -0.4 is 26.6 Å². The smallest absolute Gasteiger partial charge is 0.397 e. The fourth-order valence-corrected chi connectivity index (χ4v) is 16.6. The van der Waals surface area contributed by atoms with E-state index in [1.54, 1.807) is 0 Å². The Morgan fingerprint density at radius 3 is 0.938 bits per heavy atom. The van der Waals surface area contributed by atoms with Crippen molar-refractivity contribution in [2.45, 2.75) is 323 Å². The zero-order valence-electron chi connectivity index (χ0n) is 68.3. The zero-order valence-corrected chi connectivity index (χ0v) is 70.0. The Morgan fingerprint density at radius 1 is 0.349 bits per heavy atom. The molecule has 0 spiro atoms. The first-order chi connectivity index (χ1) is 60.4. The number of hydrogen-bond donors (Lipinski definition) is 31. The number of carbonyl (C=O) groups is 6. The van der Waals surface area contributed by atoms with Crippen LogP contribution in [0.2, 0.25) is 0 Å². The summed E-state index contributed by atoms with van der Waals surface area (Å²) < 4.78 is 177. The molecule has 0 aromatic rings. The summed E-state index contributed by atoms with van der Waals surface area (Å²) in [5, 5.41) is 281. The van der Waals surface area contributed by atoms with Gasteiger partial charge in [0.25, 0.3) is 5.79 Å². The van der Waals surface area contributed by atoms with Crippen LogP contribution in [0.4, 0.5) is 0 Å². The lowest BCUT2D eigenvalue weighted by atomic mass is 9.88. The van der Waals surface area contributed by atoms with Crippen LogP contribution in [0.1, 0.15) is 41.0 Å². The van der Waals surface area contributed by atoms with E-state index < -0.39 is 404 Å². The number of carbonyl (C=O) groups excluding carboxylic acids is 5. The van der Waals surface area contributed by atoms with Gasteiger partial charge in [-0.1, -0.05) is 0 Å². The van der Waals surface area contributed by atoms with Crippen LogP contribution in [0.15, 0.2) is 0 Å². The average molecular weight is 1930 g/mol. The molecular weight excluding hydrogens is 1820 g/mol. The molecule has 0 aliphatic carbocycles. The highest BCUT2D eigenvalue weighted by molar-refractivity contribution is 7.81. The Balaban J connectivity index is 0.959. The maximum atomic E-state index is 13.2. The number of rotatable bonds is 37. The molecule has 9 saturated heterocycles. The third-order valence-corrected chi connectivity index (χ3v) is 23.0. The number of amides is 5. The number of ether oxygens (including phenoxy) is 17. The Labute approximate surface area is 728 Å². The van der Waals surface area contributed by atoms with Gasteiger partial charge < -0.3 is 230 Å². The molecule has 0 unspecified atom stereocenters. The molecule has 9 aliphatic rings. The second kappa shape index (κ2) is 45.7. The lowest BCUT2D eigenvalue weighted by molar-refractivity contribution is -0.392. The third-order valence-electron chi connectivity index (χ3n) is 22.2. The van der Waals surface area contributed by atoms with Crippen LogP contribution in [-0.4, -0.2) is 525 Å². The minimum atomic E-state index is -5.65. The van der Waals surface area contributed by atoms with Crippen LogP contribution in [-0.2, 0) is 138 Å². The summed E-state index contributed by atoms with van der Waals surface area (Å²) in [6, 6.07) is -9.92. The Kier molecular flexibility index (Phi) is 38.2. The van der Waals surface area contributed by atoms with Crippen molar-refractivity contribution in [3.05, 3.63) is 0 Å². The fraction of sp³-hybridized carbons (Fsp3) is 0.910. The highest BCUT2D eigenvalue weighted by atomic mass is 32.3. The van der Waals surface area contributed by atoms with Crippen molar-refractivity contribution in [1.29, 1.82) is 0 Å². The molecule has 9 heterocycles. The van der Waals surface area contributed by atoms with Crippen molar-refractivity contribution >= 4 is 56.3 Å². The molecule has 0 aromatic carbocycles. The first kappa shape index (κ1) is 108. The van der Waals surface area contributed by atoms with Crippen molar-refractivity contribution in [3.8, 4) is 0 Å². The van der Waals surface area contributed by atoms with Crippen LogP contribution in [0.5, 0.6) is 0 Å². The molecular formula is C67H111N5O55S2. The molecule has 62 heteroatoms. The maximum Gasteiger partial charge on any atom is 0.397 e. The Bertz CT molecular complexity index is 3900. The molecule has 0 saturated carbocycles. The van der Waals surface area contributed by atoms with Crippen molar-refractivity contribution in [1.82, 2.24) is 26.6 Å². The number of aliphatic hydroxyl groups is 23. The molecule has 9 aliphatic heterocycles. The summed E-state index contributed by atoms with van der Waals surface area (Å²) in [6.45, 7) is -7.10. The van der Waals surface area contributed by atoms with E-state index in [9.17, 15) is 177 Å². The van der Waals surface area contributed by atoms with Gasteiger partial charge in [0.1, 0.15) is 213 Å². The van der Waals surface area contributed by atoms with E-state index in [-0.39, 0.29) is 0 Å². The van der Waals surface area contributed by atoms with Crippen molar-refractivity contribution in [2.75, 3.05) is 59.5 Å². The molecule has 0 radical (unpaired) electrons. The highest BCUT2D eigenvalue weighted by Gasteiger charge is 2.64. The Morgan fingerprint density at radius 2 is 0.620 bits per heavy atom. The first-order valence-corrected chi connectivity index (χ1v) is 42.3. The van der Waals surface area contributed by atoms with Crippen molar-refractivity contribution in [3.63, 3.8) is 0 Å². The van der Waals surface area contributed by atoms with Gasteiger partial charge in [0.15, 0.2) is 50.3 Å². The molecule has 60 nitrogen and oxygen atoms in total. The van der Waals surface area contributed by atoms with E-state index in [1.807, 2.05) is 0 Å². The number of hydrogen-bond acceptors (Lipinski definition) is 52. The number of carboxylic acid groups (broad SMARTS) is 1. The monoisotopic (exact) mass is 1930 g/mol. The van der Waals surface area contributed by atoms with Gasteiger partial charge in [-0.05, 0) is 0 Å². The molecule has 46 atom stereocenters. The van der Waals surface area contributed by atoms with E-state index >= 15 is 0 Å². The first-order valence-electron chi connectivity index (χ1n) is 39.6. The second-order valence-electron chi connectivity index (χ2n) is 31.3. The Hall–Kier alpha value is -5.04. The molecule has 746 valence electrons. The van der Waals surface area contributed by atoms with Gasteiger partial charge in [-0.2, -0.15) is 16.8 Å². The van der Waals surface area contributed by atoms with E-state index in [4.69, 9.17) is 80.5 Å². The normalized spacial score (nSPS) is 44.7. The molecule has 31 N–H and O–H groups in total. The van der Waals surface area contributed by atoms with E-state index in [1.165, 1.54) is 0 Å². The quantitative estimate of drug-likeness (QED) is 0.0257. The van der Waals surface area contributed by atoms with Gasteiger partial charge in [0.2, 0.25) is 29.5 Å². The van der Waals surface area contributed by atoms with Gasteiger partial charge in [-0.15, -0.1) is 0 Å². The molecule has 5 amide bonds. The van der Waals surface area contributed by atoms with Crippen LogP contribution in [0.25, 0.3) is 0 Å². The van der Waals surface area contributed by atoms with Gasteiger partial charge in [0, 0.05) is 41.0 Å². The van der Waals surface area contributed by atoms with Gasteiger partial charge in [-0.3, -0.25) is 33.1 Å². The van der Waals surface area contributed by atoms with Gasteiger partial charge >= 0.3 is 26.8 Å². The van der Waals surface area contributed by atoms with Gasteiger partial charge in [-0.25, -0.2) is 13.2 Å². The zero-order chi connectivity index (χ0) is 96.0. The summed E-state index contributed by atoms with van der Waals surface area (Å²) in [7, 11) is -11.3. The summed E-state index contributed by atoms with van der Waals surface area (Å²) in [5.74, 6) is -10.6. The van der Waals surface area contributed by atoms with Crippen LogP contribution in [0, 0.1) is 0 Å². The van der Waals surface area contributed by atoms with E-state index in [0.29, 0.717) is 0 Å². The molecule has 0 bridgehead atoms. The summed E-state index contributed by atoms with van der Waals surface area (Å²) >= 11 is 0. The van der Waals surface area contributed by atoms with Crippen molar-refractivity contribution in [2.24, 2.45) is 0 Å². The summed E-state index contributed by atoms with van der Waals surface area (Å²) in [4.78, 5) is 76.9. The predicted octanol–water partition coefficient (Wildman–Crippen LogP) is -21.0. The number of aliphatic carboxylic acids is 1. The summed E-state index contributed by atoms with van der Waals surface area (Å²) in [6.07, 6.45) is -92.2. The lowest BCUT2D eigenvalue weighted by Crippen LogP contribution is -2.71. The standard InChI is InChI=1S/C67H111N5O55S2/c1-16(80)68-31-21(85)6-67(66(101)102,126-53(31)36(87)22(86)7-73)127-57-41(92)27(12-78)115-65(48(57)99)121-51-30(15-110-129(106,107)108)118-61(34(44(51)95)71-19(4)83)125-55-39(90)25(10-76)113-63(46(55)97)120-50-29(14-109-128(103,104)105)117-60(33(43(50)94)70-18(3)82)124-54-38(89)24(9-75)112-62(45(54)96)119-49-28(13-79)116-59(32(42(49)93)69-17(2)81)123-56-40(91)26(11-77)114-64(47(56)98)122-52-35(72-20(5)84)58(100)111-23(8-74)37(52)88/h21-65,73-79,85-100H,6-15H2,1-5H3,(H,68,80)(H,69,81)(H,70,82)(H,71,83)(H,72,84)(H,101,102)(H,103,104,105)(H,106,107,108)/t21-,22+,23+,24+,25+,26+,27+,28+,29+,30+,31+,32+,33+,34+,35+,36+,37-,38-,39-,40-,41-,42+,43+,44+,45+,46+,47+,48+,49+,50+,51+,52+,53+,54-,55-,56-,57-,58+,59-,60-,61-,62-,63-,64-,65-,67-/m0/s1. The minimum Gasteiger partial charge on any atom is -0.477 e. The SMILES string of the molecule is CC(=O)N[C@@H]1[C@@H](O[C@@H]2O[C@H](CO)[C@H](O)[C@H](O[C@@H]3O[C@H](CO)[C@@H](O[C@@H]4O[C@H](CO)[C@H](O)[C@H](O[C@@H]5O[C@H](COS(=O)(=O)O)[C@@H](O[C@@H]6O[C@H](CO)[C@H](O)[C@H](O[C@@H]7O[C@H](COS(=O)(=O)O)[C@@H](O[C@@H]8O[C@H](CO)[C@H](O)[C@H](O[C@]9(C(=O)O)C[C@H](O)[C@@H](NC(C)=O)[C@H]([C@H](O)[C@H](O)CO)O9)[C@H]8O)[C@H](O)[C@H]7NC(C)=O)[C@H]6O)[C@H](O)[C@H]5NC(C)=O)[C@H]4O)[C@H](O)[C@H]3NC(C)=O)[C@H]2O)[C@@H](O)[C@@H](CO)O[C@H]1O. The molecule has 0 aromatic heterocycles. The van der Waals surface area contributed by atoms with Crippen LogP contribution in [0.3, 0.4) is 0 Å². The predicted molar refractivity (Wildman–Crippen MR) is 393 cm³/mol. The molecule has 9 fully saturated rings.